The van der Waals surface area contributed by atoms with Crippen molar-refractivity contribution in [2.45, 2.75) is 58.0 Å². The molecular weight excluding hydrogens is 278 g/mol. The van der Waals surface area contributed by atoms with Crippen molar-refractivity contribution in [2.75, 3.05) is 31.6 Å². The zero-order valence-corrected chi connectivity index (χ0v) is 13.7. The number of hydrogen-bond donors (Lipinski definition) is 1. The van der Waals surface area contributed by atoms with E-state index in [9.17, 15) is 0 Å². The predicted octanol–water partition coefficient (Wildman–Crippen LogP) is 1.66. The Balaban J connectivity index is 1.54. The molecule has 0 bridgehead atoms. The van der Waals surface area contributed by atoms with Crippen LogP contribution in [0.4, 0.5) is 5.95 Å². The van der Waals surface area contributed by atoms with Gasteiger partial charge in [-0.3, -0.25) is 4.90 Å². The van der Waals surface area contributed by atoms with Crippen LogP contribution in [0.15, 0.2) is 0 Å². The number of likely N-dealkylation sites (tertiary alicyclic amines) is 1. The molecule has 22 heavy (non-hydrogen) atoms. The molecule has 0 aliphatic carbocycles. The van der Waals surface area contributed by atoms with E-state index in [0.717, 1.165) is 63.4 Å². The van der Waals surface area contributed by atoms with Crippen molar-refractivity contribution in [2.24, 2.45) is 0 Å². The maximum absolute atomic E-state index is 5.49. The van der Waals surface area contributed by atoms with E-state index in [1.165, 1.54) is 6.42 Å². The molecule has 0 spiro atoms. The molecule has 1 N–H and O–H groups in total. The topological polar surface area (TPSA) is 63.2 Å². The second-order valence-electron chi connectivity index (χ2n) is 6.21. The van der Waals surface area contributed by atoms with Crippen molar-refractivity contribution in [3.8, 4) is 0 Å². The quantitative estimate of drug-likeness (QED) is 0.892. The van der Waals surface area contributed by atoms with Crippen LogP contribution in [-0.2, 0) is 17.6 Å². The fourth-order valence-corrected chi connectivity index (χ4v) is 3.40. The Labute approximate surface area is 132 Å². The van der Waals surface area contributed by atoms with E-state index in [4.69, 9.17) is 4.74 Å². The first-order valence-corrected chi connectivity index (χ1v) is 8.61. The molecule has 2 fully saturated rings. The molecule has 1 aromatic heterocycles. The van der Waals surface area contributed by atoms with Crippen molar-refractivity contribution in [3.05, 3.63) is 11.4 Å². The van der Waals surface area contributed by atoms with Crippen LogP contribution in [0.1, 0.15) is 44.5 Å². The van der Waals surface area contributed by atoms with Gasteiger partial charge in [0.15, 0.2) is 0 Å². The Bertz CT molecular complexity index is 481. The summed E-state index contributed by atoms with van der Waals surface area (Å²) >= 11 is 0. The lowest BCUT2D eigenvalue weighted by Gasteiger charge is -2.35. The summed E-state index contributed by atoms with van der Waals surface area (Å²) in [6.07, 6.45) is 5.26. The maximum Gasteiger partial charge on any atom is 0.243 e. The zero-order valence-electron chi connectivity index (χ0n) is 13.7. The summed E-state index contributed by atoms with van der Waals surface area (Å²) in [7, 11) is 0. The molecule has 0 aromatic carbocycles. The fourth-order valence-electron chi connectivity index (χ4n) is 3.40. The van der Waals surface area contributed by atoms with Crippen LogP contribution in [0.25, 0.3) is 0 Å². The highest BCUT2D eigenvalue weighted by molar-refractivity contribution is 5.27. The summed E-state index contributed by atoms with van der Waals surface area (Å²) in [5.74, 6) is 0.691. The summed E-state index contributed by atoms with van der Waals surface area (Å²) < 4.78 is 5.49. The van der Waals surface area contributed by atoms with Gasteiger partial charge in [-0.2, -0.15) is 5.10 Å². The lowest BCUT2D eigenvalue weighted by atomic mass is 10.0. The highest BCUT2D eigenvalue weighted by atomic mass is 16.5. The van der Waals surface area contributed by atoms with Gasteiger partial charge in [-0.25, -0.2) is 4.98 Å². The van der Waals surface area contributed by atoms with Gasteiger partial charge < -0.3 is 10.1 Å². The molecule has 122 valence electrons. The Kier molecular flexibility index (Phi) is 5.20. The van der Waals surface area contributed by atoms with Gasteiger partial charge >= 0.3 is 0 Å². The number of nitrogens with zero attached hydrogens (tertiary/aromatic N) is 4. The van der Waals surface area contributed by atoms with Crippen LogP contribution in [0.2, 0.25) is 0 Å². The highest BCUT2D eigenvalue weighted by Gasteiger charge is 2.27. The van der Waals surface area contributed by atoms with E-state index >= 15 is 0 Å². The van der Waals surface area contributed by atoms with E-state index in [0.29, 0.717) is 18.0 Å². The minimum absolute atomic E-state index is 0.456. The standard InChI is InChI=1S/C16H27N5O/c1-3-14-15(4-2)19-20-16(18-14)17-12-5-8-21(9-6-12)13-7-10-22-11-13/h12-13H,3-11H2,1-2H3,(H,17,18,20). The Morgan fingerprint density at radius 1 is 1.09 bits per heavy atom. The van der Waals surface area contributed by atoms with E-state index in [1.54, 1.807) is 0 Å². The van der Waals surface area contributed by atoms with Gasteiger partial charge in [0.25, 0.3) is 0 Å². The number of rotatable bonds is 5. The SMILES string of the molecule is CCc1nnc(NC2CCN(C3CCOC3)CC2)nc1CC. The number of anilines is 1. The average molecular weight is 305 g/mol. The summed E-state index contributed by atoms with van der Waals surface area (Å²) in [6.45, 7) is 8.31. The highest BCUT2D eigenvalue weighted by Crippen LogP contribution is 2.20. The predicted molar refractivity (Wildman–Crippen MR) is 86.0 cm³/mol. The molecule has 2 aliphatic rings. The Hall–Kier alpha value is -1.27. The maximum atomic E-state index is 5.49. The number of nitrogens with one attached hydrogen (secondary N) is 1. The minimum Gasteiger partial charge on any atom is -0.380 e. The molecule has 6 heteroatoms. The largest absolute Gasteiger partial charge is 0.380 e. The molecule has 0 radical (unpaired) electrons. The molecule has 2 aliphatic heterocycles. The van der Waals surface area contributed by atoms with E-state index in [2.05, 4.69) is 39.2 Å². The van der Waals surface area contributed by atoms with Crippen LogP contribution in [0.3, 0.4) is 0 Å². The van der Waals surface area contributed by atoms with Crippen LogP contribution >= 0.6 is 0 Å². The van der Waals surface area contributed by atoms with Crippen LogP contribution in [-0.4, -0.2) is 58.5 Å². The minimum atomic E-state index is 0.456. The van der Waals surface area contributed by atoms with Gasteiger partial charge in [-0.15, -0.1) is 5.10 Å². The normalized spacial score (nSPS) is 23.8. The van der Waals surface area contributed by atoms with Crippen LogP contribution < -0.4 is 5.32 Å². The third-order valence-electron chi connectivity index (χ3n) is 4.79. The second-order valence-corrected chi connectivity index (χ2v) is 6.21. The fraction of sp³-hybridized carbons (Fsp3) is 0.812. The molecule has 6 nitrogen and oxygen atoms in total. The zero-order chi connectivity index (χ0) is 15.4. The first-order valence-electron chi connectivity index (χ1n) is 8.61. The van der Waals surface area contributed by atoms with Crippen LogP contribution in [0, 0.1) is 0 Å². The number of aryl methyl sites for hydroxylation is 2. The van der Waals surface area contributed by atoms with Gasteiger partial charge in [-0.1, -0.05) is 13.8 Å². The van der Waals surface area contributed by atoms with Gasteiger partial charge in [0, 0.05) is 31.8 Å². The number of piperidine rings is 1. The Morgan fingerprint density at radius 2 is 1.86 bits per heavy atom. The van der Waals surface area contributed by atoms with Crippen molar-refractivity contribution in [3.63, 3.8) is 0 Å². The molecule has 2 saturated heterocycles. The van der Waals surface area contributed by atoms with Crippen molar-refractivity contribution in [1.82, 2.24) is 20.1 Å². The summed E-state index contributed by atoms with van der Waals surface area (Å²) in [5.41, 5.74) is 2.09. The van der Waals surface area contributed by atoms with Crippen LogP contribution in [0.5, 0.6) is 0 Å². The van der Waals surface area contributed by atoms with E-state index < -0.39 is 0 Å². The molecule has 3 heterocycles. The van der Waals surface area contributed by atoms with Gasteiger partial charge in [0.05, 0.1) is 18.0 Å². The van der Waals surface area contributed by atoms with Crippen molar-refractivity contribution in [1.29, 1.82) is 0 Å². The first-order chi connectivity index (χ1) is 10.8. The smallest absolute Gasteiger partial charge is 0.243 e. The third-order valence-corrected chi connectivity index (χ3v) is 4.79. The van der Waals surface area contributed by atoms with Gasteiger partial charge in [-0.05, 0) is 32.1 Å². The molecule has 0 amide bonds. The Morgan fingerprint density at radius 3 is 2.50 bits per heavy atom. The second kappa shape index (κ2) is 7.33. The lowest BCUT2D eigenvalue weighted by molar-refractivity contribution is 0.124. The lowest BCUT2D eigenvalue weighted by Crippen LogP contribution is -2.45. The number of hydrogen-bond acceptors (Lipinski definition) is 6. The molecule has 3 rings (SSSR count). The van der Waals surface area contributed by atoms with Gasteiger partial charge in [0.2, 0.25) is 5.95 Å². The van der Waals surface area contributed by atoms with Gasteiger partial charge in [0.1, 0.15) is 0 Å². The molecule has 0 saturated carbocycles. The molecular formula is C16H27N5O. The van der Waals surface area contributed by atoms with E-state index in [1.807, 2.05) is 0 Å². The number of ether oxygens (including phenoxy) is 1. The summed E-state index contributed by atoms with van der Waals surface area (Å²) in [4.78, 5) is 7.21. The van der Waals surface area contributed by atoms with Crippen molar-refractivity contribution < 1.29 is 4.74 Å². The average Bonchev–Trinajstić information content (AvgIpc) is 3.10. The molecule has 1 unspecified atom stereocenters. The summed E-state index contributed by atoms with van der Waals surface area (Å²) in [5, 5.41) is 12.0. The monoisotopic (exact) mass is 305 g/mol. The number of aromatic nitrogens is 3. The van der Waals surface area contributed by atoms with Crippen molar-refractivity contribution >= 4 is 5.95 Å². The molecule has 1 atom stereocenters. The summed E-state index contributed by atoms with van der Waals surface area (Å²) in [6, 6.07) is 1.09. The molecule has 1 aromatic rings. The first kappa shape index (κ1) is 15.6. The third kappa shape index (κ3) is 3.55. The van der Waals surface area contributed by atoms with E-state index in [-0.39, 0.29) is 0 Å².